The van der Waals surface area contributed by atoms with Gasteiger partial charge in [-0.25, -0.2) is 9.59 Å². The number of Topliss-reactive ketones (excluding diaryl/α,β-unsaturated/α-hetero) is 1. The van der Waals surface area contributed by atoms with Crippen molar-refractivity contribution in [1.82, 2.24) is 16.0 Å². The lowest BCUT2D eigenvalue weighted by atomic mass is 9.83. The van der Waals surface area contributed by atoms with E-state index >= 15 is 0 Å². The number of cyclic esters (lactones) is 1. The van der Waals surface area contributed by atoms with E-state index in [2.05, 4.69) is 28.6 Å². The Morgan fingerprint density at radius 3 is 2.39 bits per heavy atom. The molecule has 49 heavy (non-hydrogen) atoms. The first kappa shape index (κ1) is 43.2. The van der Waals surface area contributed by atoms with Gasteiger partial charge in [0.15, 0.2) is 5.78 Å². The summed E-state index contributed by atoms with van der Waals surface area (Å²) >= 11 is 4.03. The van der Waals surface area contributed by atoms with Gasteiger partial charge in [0.25, 0.3) is 0 Å². The summed E-state index contributed by atoms with van der Waals surface area (Å²) in [6.45, 7) is 14.1. The Morgan fingerprint density at radius 2 is 1.73 bits per heavy atom. The summed E-state index contributed by atoms with van der Waals surface area (Å²) in [5, 5.41) is 8.31. The maximum atomic E-state index is 13.2. The van der Waals surface area contributed by atoms with Gasteiger partial charge in [-0.15, -0.1) is 0 Å². The molecule has 0 spiro atoms. The molecule has 0 aliphatic carbocycles. The van der Waals surface area contributed by atoms with Crippen molar-refractivity contribution in [2.75, 3.05) is 18.8 Å². The van der Waals surface area contributed by atoms with E-state index < -0.39 is 23.7 Å². The zero-order valence-corrected chi connectivity index (χ0v) is 31.1. The summed E-state index contributed by atoms with van der Waals surface area (Å²) in [5.74, 6) is -0.339. The minimum Gasteiger partial charge on any atom is -0.458 e. The van der Waals surface area contributed by atoms with Gasteiger partial charge in [-0.3, -0.25) is 14.4 Å². The molecule has 3 N–H and O–H groups in total. The fraction of sp³-hybridized carbons (Fsp3) is 0.553. The Kier molecular flexibility index (Phi) is 20.7. The molecule has 0 saturated heterocycles. The Bertz CT molecular complexity index is 1290. The van der Waals surface area contributed by atoms with Crippen LogP contribution >= 0.6 is 12.6 Å². The van der Waals surface area contributed by atoms with E-state index in [4.69, 9.17) is 9.47 Å². The molecule has 10 nitrogen and oxygen atoms in total. The third-order valence-electron chi connectivity index (χ3n) is 7.62. The van der Waals surface area contributed by atoms with Gasteiger partial charge in [-0.2, -0.15) is 12.6 Å². The van der Waals surface area contributed by atoms with E-state index in [0.29, 0.717) is 56.5 Å². The molecule has 0 fully saturated rings. The lowest BCUT2D eigenvalue weighted by Crippen LogP contribution is -2.48. The maximum absolute atomic E-state index is 13.2. The van der Waals surface area contributed by atoms with Crippen LogP contribution in [0.5, 0.6) is 0 Å². The average molecular weight is 700 g/mol. The van der Waals surface area contributed by atoms with Crippen LogP contribution in [0, 0.1) is 11.3 Å². The second-order valence-corrected chi connectivity index (χ2v) is 13.6. The monoisotopic (exact) mass is 699 g/mol. The van der Waals surface area contributed by atoms with Gasteiger partial charge in [-0.1, -0.05) is 88.0 Å². The van der Waals surface area contributed by atoms with E-state index in [0.717, 1.165) is 5.57 Å². The van der Waals surface area contributed by atoms with Crippen molar-refractivity contribution in [2.45, 2.75) is 105 Å². The lowest BCUT2D eigenvalue weighted by molar-refractivity contribution is -0.147. The van der Waals surface area contributed by atoms with Crippen molar-refractivity contribution in [2.24, 2.45) is 11.3 Å². The van der Waals surface area contributed by atoms with Gasteiger partial charge < -0.3 is 25.4 Å². The molecule has 0 aromatic rings. The molecule has 0 bridgehead atoms. The van der Waals surface area contributed by atoms with Crippen molar-refractivity contribution in [1.29, 1.82) is 0 Å². The zero-order chi connectivity index (χ0) is 36.8. The maximum Gasteiger partial charge on any atom is 0.407 e. The quantitative estimate of drug-likeness (QED) is 0.0294. The van der Waals surface area contributed by atoms with Crippen LogP contribution < -0.4 is 16.0 Å². The number of allylic oxidation sites excluding steroid dienone is 6. The Labute approximate surface area is 298 Å². The van der Waals surface area contributed by atoms with Crippen molar-refractivity contribution < 1.29 is 33.4 Å². The largest absolute Gasteiger partial charge is 0.458 e. The molecule has 1 aliphatic heterocycles. The smallest absolute Gasteiger partial charge is 0.407 e. The number of ether oxygens (including phenoxy) is 2. The molecule has 0 aromatic carbocycles. The molecule has 4 atom stereocenters. The SMILES string of the molecule is C/C=C\C[C@@H](C/C=C\CC(=O)[C@@H](NC(=O)\C=C/C=C\C(C)=C\[C@H](C)[C@@H]1CC=C(C)C(=O)O1)C(C)(C)C)OC(=O)NCCCNC(=O)CCS. The van der Waals surface area contributed by atoms with E-state index in [1.54, 1.807) is 25.2 Å². The summed E-state index contributed by atoms with van der Waals surface area (Å²) in [4.78, 5) is 61.5. The number of hydrogen-bond donors (Lipinski definition) is 4. The summed E-state index contributed by atoms with van der Waals surface area (Å²) in [6, 6.07) is -0.708. The Hall–Kier alpha value is -3.86. The third-order valence-corrected chi connectivity index (χ3v) is 7.84. The second kappa shape index (κ2) is 23.5. The predicted octanol–water partition coefficient (Wildman–Crippen LogP) is 6.27. The van der Waals surface area contributed by atoms with Gasteiger partial charge in [0.2, 0.25) is 11.8 Å². The van der Waals surface area contributed by atoms with Crippen molar-refractivity contribution in [3.05, 3.63) is 71.9 Å². The third kappa shape index (κ3) is 19.1. The van der Waals surface area contributed by atoms with Gasteiger partial charge in [0.1, 0.15) is 12.2 Å². The van der Waals surface area contributed by atoms with Crippen LogP contribution in [0.15, 0.2) is 71.9 Å². The highest BCUT2D eigenvalue weighted by Crippen LogP contribution is 2.23. The van der Waals surface area contributed by atoms with Crippen LogP contribution in [0.4, 0.5) is 4.79 Å². The Morgan fingerprint density at radius 1 is 1.06 bits per heavy atom. The van der Waals surface area contributed by atoms with Crippen molar-refractivity contribution in [3.63, 3.8) is 0 Å². The first-order valence-electron chi connectivity index (χ1n) is 17.0. The number of esters is 1. The number of hydrogen-bond acceptors (Lipinski definition) is 8. The topological polar surface area (TPSA) is 140 Å². The number of carbonyl (C=O) groups excluding carboxylic acids is 5. The molecule has 0 saturated carbocycles. The fourth-order valence-corrected chi connectivity index (χ4v) is 5.01. The first-order chi connectivity index (χ1) is 23.2. The van der Waals surface area contributed by atoms with Gasteiger partial charge in [0.05, 0.1) is 6.04 Å². The van der Waals surface area contributed by atoms with Crippen LogP contribution in [0.25, 0.3) is 0 Å². The summed E-state index contributed by atoms with van der Waals surface area (Å²) in [6.07, 6.45) is 19.4. The summed E-state index contributed by atoms with van der Waals surface area (Å²) in [7, 11) is 0. The number of amides is 3. The molecule has 0 aromatic heterocycles. The van der Waals surface area contributed by atoms with E-state index in [-0.39, 0.29) is 42.0 Å². The summed E-state index contributed by atoms with van der Waals surface area (Å²) in [5.41, 5.74) is 1.09. The molecule has 11 heteroatoms. The number of thiol groups is 1. The van der Waals surface area contributed by atoms with Crippen LogP contribution in [0.3, 0.4) is 0 Å². The highest BCUT2D eigenvalue weighted by Gasteiger charge is 2.31. The second-order valence-electron chi connectivity index (χ2n) is 13.2. The molecule has 3 amide bonds. The Balaban J connectivity index is 2.63. The molecule has 1 rings (SSSR count). The minimum absolute atomic E-state index is 0.0367. The van der Waals surface area contributed by atoms with E-state index in [1.165, 1.54) is 6.08 Å². The van der Waals surface area contributed by atoms with Crippen LogP contribution in [-0.2, 0) is 28.7 Å². The molecule has 1 heterocycles. The number of nitrogens with one attached hydrogen (secondary N) is 3. The van der Waals surface area contributed by atoms with Gasteiger partial charge >= 0.3 is 12.1 Å². The normalized spacial score (nSPS) is 17.6. The summed E-state index contributed by atoms with van der Waals surface area (Å²) < 4.78 is 11.1. The van der Waals surface area contributed by atoms with Crippen LogP contribution in [0.2, 0.25) is 0 Å². The highest BCUT2D eigenvalue weighted by atomic mass is 32.1. The van der Waals surface area contributed by atoms with Crippen molar-refractivity contribution >= 4 is 42.3 Å². The molecule has 0 radical (unpaired) electrons. The number of alkyl carbamates (subject to hydrolysis) is 1. The number of ketones is 1. The highest BCUT2D eigenvalue weighted by molar-refractivity contribution is 7.80. The van der Waals surface area contributed by atoms with Gasteiger partial charge in [0, 0.05) is 62.8 Å². The van der Waals surface area contributed by atoms with E-state index in [1.807, 2.05) is 78.0 Å². The van der Waals surface area contributed by atoms with E-state index in [9.17, 15) is 24.0 Å². The van der Waals surface area contributed by atoms with Crippen molar-refractivity contribution in [3.8, 4) is 0 Å². The first-order valence-corrected chi connectivity index (χ1v) is 17.6. The molecular weight excluding hydrogens is 642 g/mol. The van der Waals surface area contributed by atoms with Gasteiger partial charge in [-0.05, 0) is 38.4 Å². The molecule has 272 valence electrons. The number of carbonyl (C=O) groups is 5. The number of rotatable bonds is 20. The van der Waals surface area contributed by atoms with Crippen LogP contribution in [0.1, 0.15) is 87.0 Å². The lowest BCUT2D eigenvalue weighted by Gasteiger charge is -2.29. The minimum atomic E-state index is -0.708. The molecular formula is C38H57N3O7S. The predicted molar refractivity (Wildman–Crippen MR) is 198 cm³/mol. The molecule has 0 unspecified atom stereocenters. The fourth-order valence-electron chi connectivity index (χ4n) is 4.81. The average Bonchev–Trinajstić information content (AvgIpc) is 3.03. The van der Waals surface area contributed by atoms with Crippen LogP contribution in [-0.4, -0.2) is 66.8 Å². The standard InChI is InChI=1S/C38H57N3O7S/c1-8-9-16-30(47-37(46)40-24-14-23-39-33(43)22-25-49)17-11-12-18-31(42)35(38(5,6)7)41-34(44)19-13-10-15-27(2)26-29(4)32-21-20-28(3)36(45)48-32/h8-13,15,19-20,26,29-30,32,35,49H,14,16-18,21-25H2,1-7H3,(H,39,43)(H,40,46)(H,41,44)/b9-8-,12-11-,15-10-,19-13-,27-26+/t29-,30-,32-,35+/m0/s1. The zero-order valence-electron chi connectivity index (χ0n) is 30.3. The molecule has 1 aliphatic rings.